The van der Waals surface area contributed by atoms with Crippen LogP contribution < -0.4 is 10.1 Å². The molecule has 5 nitrogen and oxygen atoms in total. The molecule has 0 aromatic heterocycles. The van der Waals surface area contributed by atoms with Crippen LogP contribution >= 0.6 is 0 Å². The lowest BCUT2D eigenvalue weighted by molar-refractivity contribution is -0.117. The summed E-state index contributed by atoms with van der Waals surface area (Å²) < 4.78 is 5.85. The Morgan fingerprint density at radius 3 is 2.46 bits per heavy atom. The fraction of sp³-hybridized carbons (Fsp3) is 0.435. The predicted octanol–water partition coefficient (Wildman–Crippen LogP) is 3.25. The normalized spacial score (nSPS) is 15.4. The summed E-state index contributed by atoms with van der Waals surface area (Å²) >= 11 is 0. The molecule has 1 saturated heterocycles. The van der Waals surface area contributed by atoms with E-state index in [-0.39, 0.29) is 5.91 Å². The lowest BCUT2D eigenvalue weighted by Gasteiger charge is -2.34. The van der Waals surface area contributed by atoms with Crippen LogP contribution in [0.4, 0.5) is 5.69 Å². The zero-order valence-electron chi connectivity index (χ0n) is 17.2. The summed E-state index contributed by atoms with van der Waals surface area (Å²) in [5, 5.41) is 3.05. The van der Waals surface area contributed by atoms with Gasteiger partial charge >= 0.3 is 0 Å². The van der Waals surface area contributed by atoms with Crippen LogP contribution in [0.25, 0.3) is 0 Å². The Bertz CT molecular complexity index is 798. The number of ether oxygens (including phenoxy) is 1. The van der Waals surface area contributed by atoms with Crippen molar-refractivity contribution in [2.45, 2.75) is 20.8 Å². The predicted molar refractivity (Wildman–Crippen MR) is 114 cm³/mol. The van der Waals surface area contributed by atoms with Crippen LogP contribution in [-0.2, 0) is 4.79 Å². The SMILES string of the molecule is Cc1cccc(OCCN2CCN(CC(=O)Nc3cccc(C)c3C)CC2)c1. The Labute approximate surface area is 168 Å². The standard InChI is InChI=1S/C23H31N3O2/c1-18-6-4-8-21(16-18)28-15-14-25-10-12-26(13-11-25)17-23(27)24-22-9-5-7-19(2)20(22)3/h4-9,16H,10-15,17H2,1-3H3,(H,24,27). The highest BCUT2D eigenvalue weighted by molar-refractivity contribution is 5.93. The van der Waals surface area contributed by atoms with E-state index in [1.165, 1.54) is 11.1 Å². The van der Waals surface area contributed by atoms with Gasteiger partial charge in [0, 0.05) is 38.4 Å². The van der Waals surface area contributed by atoms with Gasteiger partial charge in [-0.15, -0.1) is 0 Å². The molecule has 1 heterocycles. The maximum Gasteiger partial charge on any atom is 0.238 e. The van der Waals surface area contributed by atoms with Crippen LogP contribution in [0.1, 0.15) is 16.7 Å². The summed E-state index contributed by atoms with van der Waals surface area (Å²) in [4.78, 5) is 17.0. The number of anilines is 1. The summed E-state index contributed by atoms with van der Waals surface area (Å²) in [6.07, 6.45) is 0. The Morgan fingerprint density at radius 1 is 1.00 bits per heavy atom. The summed E-state index contributed by atoms with van der Waals surface area (Å²) in [6.45, 7) is 12.0. The van der Waals surface area contributed by atoms with Gasteiger partial charge in [-0.25, -0.2) is 0 Å². The summed E-state index contributed by atoms with van der Waals surface area (Å²) in [5.74, 6) is 0.992. The van der Waals surface area contributed by atoms with Crippen LogP contribution in [0.2, 0.25) is 0 Å². The van der Waals surface area contributed by atoms with E-state index >= 15 is 0 Å². The molecule has 1 N–H and O–H groups in total. The maximum atomic E-state index is 12.4. The highest BCUT2D eigenvalue weighted by atomic mass is 16.5. The number of piperazine rings is 1. The lowest BCUT2D eigenvalue weighted by Crippen LogP contribution is -2.49. The van der Waals surface area contributed by atoms with Gasteiger partial charge in [-0.3, -0.25) is 14.6 Å². The zero-order chi connectivity index (χ0) is 19.9. The molecule has 0 atom stereocenters. The average Bonchev–Trinajstić information content (AvgIpc) is 2.67. The number of hydrogen-bond acceptors (Lipinski definition) is 4. The number of nitrogens with one attached hydrogen (secondary N) is 1. The molecule has 150 valence electrons. The van der Waals surface area contributed by atoms with Gasteiger partial charge in [0.15, 0.2) is 0 Å². The third kappa shape index (κ3) is 5.81. The molecular weight excluding hydrogens is 350 g/mol. The van der Waals surface area contributed by atoms with Crippen molar-refractivity contribution in [2.24, 2.45) is 0 Å². The van der Waals surface area contributed by atoms with Crippen molar-refractivity contribution in [1.82, 2.24) is 9.80 Å². The Kier molecular flexibility index (Phi) is 7.06. The van der Waals surface area contributed by atoms with Crippen molar-refractivity contribution in [3.8, 4) is 5.75 Å². The second-order valence-corrected chi connectivity index (χ2v) is 7.58. The third-order valence-corrected chi connectivity index (χ3v) is 5.38. The van der Waals surface area contributed by atoms with Gasteiger partial charge in [-0.2, -0.15) is 0 Å². The molecule has 2 aromatic rings. The molecule has 0 unspecified atom stereocenters. The number of nitrogens with zero attached hydrogens (tertiary/aromatic N) is 2. The van der Waals surface area contributed by atoms with E-state index in [0.717, 1.165) is 49.7 Å². The van der Waals surface area contributed by atoms with Gasteiger partial charge in [-0.1, -0.05) is 24.3 Å². The first-order valence-electron chi connectivity index (χ1n) is 10.0. The first kappa shape index (κ1) is 20.4. The molecule has 1 aliphatic rings. The first-order valence-corrected chi connectivity index (χ1v) is 10.0. The molecule has 0 radical (unpaired) electrons. The number of carbonyl (C=O) groups excluding carboxylic acids is 1. The van der Waals surface area contributed by atoms with Crippen molar-refractivity contribution < 1.29 is 9.53 Å². The number of carbonyl (C=O) groups is 1. The van der Waals surface area contributed by atoms with E-state index < -0.39 is 0 Å². The molecule has 1 amide bonds. The van der Waals surface area contributed by atoms with E-state index in [0.29, 0.717) is 13.2 Å². The molecular formula is C23H31N3O2. The fourth-order valence-electron chi connectivity index (χ4n) is 3.45. The van der Waals surface area contributed by atoms with Gasteiger partial charge in [0.25, 0.3) is 0 Å². The Balaban J connectivity index is 1.36. The number of aryl methyl sites for hydroxylation is 2. The van der Waals surface area contributed by atoms with Crippen molar-refractivity contribution in [1.29, 1.82) is 0 Å². The summed E-state index contributed by atoms with van der Waals surface area (Å²) in [5.41, 5.74) is 4.45. The van der Waals surface area contributed by atoms with Crippen LogP contribution in [0.15, 0.2) is 42.5 Å². The zero-order valence-corrected chi connectivity index (χ0v) is 17.2. The van der Waals surface area contributed by atoms with Crippen LogP contribution in [-0.4, -0.2) is 61.6 Å². The van der Waals surface area contributed by atoms with E-state index in [1.54, 1.807) is 0 Å². The van der Waals surface area contributed by atoms with Crippen molar-refractivity contribution in [3.05, 3.63) is 59.2 Å². The van der Waals surface area contributed by atoms with Crippen LogP contribution in [0.5, 0.6) is 5.75 Å². The topological polar surface area (TPSA) is 44.8 Å². The molecule has 5 heteroatoms. The second kappa shape index (κ2) is 9.71. The smallest absolute Gasteiger partial charge is 0.238 e. The lowest BCUT2D eigenvalue weighted by atomic mass is 10.1. The van der Waals surface area contributed by atoms with Crippen LogP contribution in [0.3, 0.4) is 0 Å². The number of rotatable bonds is 7. The number of amides is 1. The number of benzene rings is 2. The van der Waals surface area contributed by atoms with Gasteiger partial charge < -0.3 is 10.1 Å². The Hall–Kier alpha value is -2.37. The minimum Gasteiger partial charge on any atom is -0.492 e. The number of hydrogen-bond donors (Lipinski definition) is 1. The highest BCUT2D eigenvalue weighted by Crippen LogP contribution is 2.18. The molecule has 1 fully saturated rings. The van der Waals surface area contributed by atoms with E-state index in [1.807, 2.05) is 31.2 Å². The quantitative estimate of drug-likeness (QED) is 0.800. The van der Waals surface area contributed by atoms with Gasteiger partial charge in [0.1, 0.15) is 12.4 Å². The Morgan fingerprint density at radius 2 is 1.71 bits per heavy atom. The molecule has 1 aliphatic heterocycles. The monoisotopic (exact) mass is 381 g/mol. The molecule has 0 aliphatic carbocycles. The molecule has 0 saturated carbocycles. The van der Waals surface area contributed by atoms with Crippen LogP contribution in [0, 0.1) is 20.8 Å². The molecule has 2 aromatic carbocycles. The van der Waals surface area contributed by atoms with Gasteiger partial charge in [-0.05, 0) is 55.7 Å². The van der Waals surface area contributed by atoms with Crippen molar-refractivity contribution >= 4 is 11.6 Å². The van der Waals surface area contributed by atoms with Gasteiger partial charge in [0.2, 0.25) is 5.91 Å². The highest BCUT2D eigenvalue weighted by Gasteiger charge is 2.19. The average molecular weight is 382 g/mol. The first-order chi connectivity index (χ1) is 13.5. The van der Waals surface area contributed by atoms with Crippen molar-refractivity contribution in [2.75, 3.05) is 51.2 Å². The maximum absolute atomic E-state index is 12.4. The molecule has 28 heavy (non-hydrogen) atoms. The van der Waals surface area contributed by atoms with Crippen molar-refractivity contribution in [3.63, 3.8) is 0 Å². The van der Waals surface area contributed by atoms with E-state index in [4.69, 9.17) is 4.74 Å². The van der Waals surface area contributed by atoms with E-state index in [2.05, 4.69) is 47.2 Å². The summed E-state index contributed by atoms with van der Waals surface area (Å²) in [6, 6.07) is 14.2. The molecule has 0 spiro atoms. The molecule has 3 rings (SSSR count). The molecule has 0 bridgehead atoms. The minimum absolute atomic E-state index is 0.0601. The largest absolute Gasteiger partial charge is 0.492 e. The minimum atomic E-state index is 0.0601. The van der Waals surface area contributed by atoms with E-state index in [9.17, 15) is 4.79 Å². The van der Waals surface area contributed by atoms with Gasteiger partial charge in [0.05, 0.1) is 6.54 Å². The third-order valence-electron chi connectivity index (χ3n) is 5.38. The fourth-order valence-corrected chi connectivity index (χ4v) is 3.45. The summed E-state index contributed by atoms with van der Waals surface area (Å²) in [7, 11) is 0. The second-order valence-electron chi connectivity index (χ2n) is 7.58.